The minimum absolute atomic E-state index is 0.0232. The highest BCUT2D eigenvalue weighted by Crippen LogP contribution is 2.22. The van der Waals surface area contributed by atoms with Gasteiger partial charge in [-0.15, -0.1) is 0 Å². The maximum absolute atomic E-state index is 15.2. The maximum Gasteiger partial charge on any atom is 0.243 e. The number of para-hydroxylation sites is 1. The van der Waals surface area contributed by atoms with Crippen LogP contribution in [0.3, 0.4) is 0 Å². The molecule has 0 unspecified atom stereocenters. The number of rotatable bonds is 51. The summed E-state index contributed by atoms with van der Waals surface area (Å²) >= 11 is 1.33. The van der Waals surface area contributed by atoms with Crippen LogP contribution in [0, 0.1) is 28.6 Å². The molecule has 0 aliphatic carbocycles. The zero-order chi connectivity index (χ0) is 87.3. The minimum atomic E-state index is -1.52. The van der Waals surface area contributed by atoms with Crippen LogP contribution in [-0.2, 0) is 83.2 Å². The lowest BCUT2D eigenvalue weighted by Gasteiger charge is -2.30. The van der Waals surface area contributed by atoms with Crippen LogP contribution in [0.4, 0.5) is 0 Å². The van der Waals surface area contributed by atoms with Gasteiger partial charge in [-0.25, -0.2) is 0 Å². The molecular formula is C81H121N21O15S. The summed E-state index contributed by atoms with van der Waals surface area (Å²) in [4.78, 5) is 177. The summed E-state index contributed by atoms with van der Waals surface area (Å²) in [6.07, 6.45) is 4.09. The Labute approximate surface area is 691 Å². The second kappa shape index (κ2) is 49.4. The summed E-state index contributed by atoms with van der Waals surface area (Å²) in [6.45, 7) is 12.4. The number of carbonyl (C=O) groups is 12. The number of nitrogens with two attached hydrogens (primary N) is 5. The number of benzene rings is 4. The predicted molar refractivity (Wildman–Crippen MR) is 449 cm³/mol. The van der Waals surface area contributed by atoms with E-state index in [0.717, 1.165) is 0 Å². The molecule has 0 bridgehead atoms. The number of H-pyrrole nitrogens is 1. The number of guanidine groups is 2. The molecule has 0 radical (unpaired) electrons. The second-order valence-corrected chi connectivity index (χ2v) is 31.1. The van der Waals surface area contributed by atoms with Gasteiger partial charge in [0.15, 0.2) is 11.9 Å². The number of aromatic amines is 1. The van der Waals surface area contributed by atoms with Gasteiger partial charge in [-0.2, -0.15) is 11.8 Å². The van der Waals surface area contributed by atoms with E-state index in [1.54, 1.807) is 84.3 Å². The van der Waals surface area contributed by atoms with Crippen molar-refractivity contribution in [1.29, 1.82) is 10.8 Å². The van der Waals surface area contributed by atoms with Crippen molar-refractivity contribution in [3.05, 3.63) is 126 Å². The maximum atomic E-state index is 15.2. The van der Waals surface area contributed by atoms with Crippen molar-refractivity contribution in [3.63, 3.8) is 0 Å². The minimum Gasteiger partial charge on any atom is -0.508 e. The first kappa shape index (κ1) is 96.9. The Morgan fingerprint density at radius 3 is 1.26 bits per heavy atom. The molecule has 36 nitrogen and oxygen atoms in total. The van der Waals surface area contributed by atoms with Crippen LogP contribution in [0.5, 0.6) is 17.2 Å². The molecular weight excluding hydrogens is 1540 g/mol. The fourth-order valence-corrected chi connectivity index (χ4v) is 13.1. The number of primary amides is 1. The Balaban J connectivity index is 1.45. The Morgan fingerprint density at radius 1 is 0.441 bits per heavy atom. The number of unbranched alkanes of at least 4 members (excludes halogenated alkanes) is 1. The Kier molecular flexibility index (Phi) is 40.5. The van der Waals surface area contributed by atoms with Gasteiger partial charge in [0.05, 0.1) is 6.04 Å². The molecule has 1 heterocycles. The quantitative estimate of drug-likeness (QED) is 0.0137. The molecule has 37 heteroatoms. The van der Waals surface area contributed by atoms with Crippen LogP contribution < -0.4 is 97.8 Å². The number of phenolic OH excluding ortho intramolecular Hbond substituents is 3. The van der Waals surface area contributed by atoms with Crippen LogP contribution in [-0.4, -0.2) is 207 Å². The van der Waals surface area contributed by atoms with Crippen molar-refractivity contribution in [2.75, 3.05) is 31.6 Å². The third kappa shape index (κ3) is 33.1. The predicted octanol–water partition coefficient (Wildman–Crippen LogP) is -0.123. The van der Waals surface area contributed by atoms with E-state index in [1.807, 2.05) is 6.07 Å². The van der Waals surface area contributed by atoms with E-state index in [9.17, 15) is 48.9 Å². The Hall–Kier alpha value is -11.7. The normalized spacial score (nSPS) is 14.5. The van der Waals surface area contributed by atoms with Gasteiger partial charge in [0.1, 0.15) is 83.7 Å². The lowest BCUT2D eigenvalue weighted by atomic mass is 9.95. The summed E-state index contributed by atoms with van der Waals surface area (Å²) in [6, 6.07) is 8.39. The van der Waals surface area contributed by atoms with Crippen LogP contribution in [0.25, 0.3) is 10.9 Å². The SMILES string of the molecule is CC[C@H](C)[C@H](NC(=O)[C@H](Cc1ccc(O)cc1)NC(=O)[C@H](CCSC)NC(=O)[C@H](Cc1ccc(O)cc1)NC(=O)[C@H](C)NC(=O)[C@H](Cc1ccc(O)cc1)NC(=O)[C@@H](N)C(C)C)C(=O)N[C@@H](CC(C)C)C(=O)N[C@@H](Cc1c[nH]c2ccccc12)C(=O)N[C@@H](CCCNC(=N)N)C(=O)N[C@@H](CCCCN)C(=O)N[C@@H](CCCNC(=N)N)C(N)=O. The smallest absolute Gasteiger partial charge is 0.243 e. The first-order valence-corrected chi connectivity index (χ1v) is 41.0. The van der Waals surface area contributed by atoms with Crippen molar-refractivity contribution in [2.24, 2.45) is 46.4 Å². The van der Waals surface area contributed by atoms with Crippen LogP contribution in [0.2, 0.25) is 0 Å². The largest absolute Gasteiger partial charge is 0.508 e. The van der Waals surface area contributed by atoms with Gasteiger partial charge >= 0.3 is 0 Å². The fourth-order valence-electron chi connectivity index (χ4n) is 12.6. The molecule has 4 aromatic carbocycles. The molecule has 12 amide bonds. The summed E-state index contributed by atoms with van der Waals surface area (Å²) < 4.78 is 0. The highest BCUT2D eigenvalue weighted by molar-refractivity contribution is 7.98. The fraction of sp³-hybridized carbons (Fsp3) is 0.506. The first-order valence-electron chi connectivity index (χ1n) is 39.6. The van der Waals surface area contributed by atoms with E-state index >= 15 is 24.0 Å². The van der Waals surface area contributed by atoms with Gasteiger partial charge in [-0.3, -0.25) is 68.4 Å². The third-order valence-corrected chi connectivity index (χ3v) is 20.4. The number of fused-ring (bicyclic) bond motifs is 1. The number of hydrogen-bond donors (Lipinski definition) is 24. The van der Waals surface area contributed by atoms with Gasteiger partial charge in [0, 0.05) is 55.9 Å². The van der Waals surface area contributed by atoms with E-state index in [2.05, 4.69) is 74.1 Å². The number of hydrogen-bond acceptors (Lipinski definition) is 20. The van der Waals surface area contributed by atoms with E-state index in [0.29, 0.717) is 46.0 Å². The Morgan fingerprint density at radius 2 is 0.822 bits per heavy atom. The van der Waals surface area contributed by atoms with Gasteiger partial charge in [0.25, 0.3) is 0 Å². The molecule has 0 saturated carbocycles. The highest BCUT2D eigenvalue weighted by Gasteiger charge is 2.39. The average Bonchev–Trinajstić information content (AvgIpc) is 1.61. The number of phenols is 3. The number of thioether (sulfide) groups is 1. The molecule has 0 aliphatic rings. The van der Waals surface area contributed by atoms with Crippen molar-refractivity contribution < 1.29 is 72.9 Å². The highest BCUT2D eigenvalue weighted by atomic mass is 32.2. The number of aromatic nitrogens is 1. The monoisotopic (exact) mass is 1660 g/mol. The molecule has 5 rings (SSSR count). The van der Waals surface area contributed by atoms with Crippen molar-refractivity contribution in [3.8, 4) is 17.2 Å². The van der Waals surface area contributed by atoms with Crippen molar-refractivity contribution in [2.45, 2.75) is 211 Å². The zero-order valence-corrected chi connectivity index (χ0v) is 69.1. The summed E-state index contributed by atoms with van der Waals surface area (Å²) in [5.74, 6) is -11.9. The third-order valence-electron chi connectivity index (χ3n) is 19.8. The zero-order valence-electron chi connectivity index (χ0n) is 68.2. The number of nitrogens with one attached hydrogen (secondary N) is 16. The van der Waals surface area contributed by atoms with Crippen molar-refractivity contribution >= 4 is 105 Å². The van der Waals surface area contributed by atoms with Gasteiger partial charge in [-0.05, 0) is 166 Å². The van der Waals surface area contributed by atoms with Gasteiger partial charge < -0.3 is 118 Å². The van der Waals surface area contributed by atoms with E-state index < -0.39 is 149 Å². The number of aromatic hydroxyl groups is 3. The molecule has 0 saturated heterocycles. The molecule has 1 aromatic heterocycles. The van der Waals surface area contributed by atoms with Crippen LogP contribution in [0.15, 0.2) is 103 Å². The molecule has 29 N–H and O–H groups in total. The first-order chi connectivity index (χ1) is 56.0. The summed E-state index contributed by atoms with van der Waals surface area (Å²) in [7, 11) is 0. The topological polar surface area (TPSA) is 616 Å². The Bertz CT molecular complexity index is 4170. The second-order valence-electron chi connectivity index (χ2n) is 30.2. The molecule has 646 valence electrons. The molecule has 0 fully saturated rings. The lowest BCUT2D eigenvalue weighted by Crippen LogP contribution is -2.62. The summed E-state index contributed by atoms with van der Waals surface area (Å²) in [5.41, 5.74) is 31.4. The van der Waals surface area contributed by atoms with Crippen LogP contribution in [0.1, 0.15) is 135 Å². The van der Waals surface area contributed by atoms with Gasteiger partial charge in [0.2, 0.25) is 70.9 Å². The molecule has 0 aliphatic heterocycles. The van der Waals surface area contributed by atoms with E-state index in [1.165, 1.54) is 79.3 Å². The molecule has 118 heavy (non-hydrogen) atoms. The standard InChI is InChI=1S/C81H121N21O15S/c1-9-46(6)67(79(117)101-61(38-44(2)3)74(112)99-65(42-51-43-91-56-17-11-10-16-55(51)56)76(114)95-59(20-15-36-90-81(87)88)71(109)94-58(18-12-13-34-82)70(108)93-57(68(84)106)19-14-35-89-80(85)86)102-77(115)64(41-50-25-31-54(105)32-26-50)98-72(110)60(33-37-118-8)96-75(113)63(40-49-23-29-53(104)30-24-49)97-69(107)47(7)92-73(111)62(100-78(116)66(83)45(4)5)39-48-21-27-52(103)28-22-48/h10-11,16-17,21-32,43-47,57-67,91,103-105H,9,12-15,18-20,33-42,82-83H2,1-8H3,(H2,84,106)(H,92,111)(H,93,108)(H,94,109)(H,95,114)(H,96,113)(H,97,107)(H,98,110)(H,99,112)(H,100,116)(H,101,117)(H,102,115)(H4,85,86,89)(H4,87,88,90)/t46-,47-,57-,58-,59-,60-,61-,62-,63-,64-,65-,66-,67-/m0/s1. The summed E-state index contributed by atoms with van der Waals surface area (Å²) in [5, 5.41) is 81.8. The lowest BCUT2D eigenvalue weighted by molar-refractivity contribution is -0.136. The molecule has 5 aromatic rings. The molecule has 13 atom stereocenters. The number of amides is 12. The number of carbonyl (C=O) groups excluding carboxylic acids is 12. The van der Waals surface area contributed by atoms with Crippen molar-refractivity contribution in [1.82, 2.24) is 74.1 Å². The average molecular weight is 1660 g/mol. The van der Waals surface area contributed by atoms with E-state index in [4.69, 9.17) is 39.5 Å². The van der Waals surface area contributed by atoms with Gasteiger partial charge in [-0.1, -0.05) is 103 Å². The molecule has 0 spiro atoms. The van der Waals surface area contributed by atoms with Crippen LogP contribution >= 0.6 is 11.8 Å². The van der Waals surface area contributed by atoms with E-state index in [-0.39, 0.29) is 143 Å².